The Morgan fingerprint density at radius 3 is 2.40 bits per heavy atom. The summed E-state index contributed by atoms with van der Waals surface area (Å²) in [7, 11) is 0. The van der Waals surface area contributed by atoms with E-state index in [2.05, 4.69) is 10.3 Å². The average Bonchev–Trinajstić information content (AvgIpc) is 2.38. The van der Waals surface area contributed by atoms with Gasteiger partial charge < -0.3 is 11.1 Å². The van der Waals surface area contributed by atoms with Gasteiger partial charge in [0.05, 0.1) is 5.56 Å². The maximum Gasteiger partial charge on any atom is 0.416 e. The summed E-state index contributed by atoms with van der Waals surface area (Å²) < 4.78 is 37.6. The molecule has 2 aromatic rings. The number of carbonyl (C=O) groups excluding carboxylic acids is 1. The molecule has 0 radical (unpaired) electrons. The number of pyridine rings is 1. The molecule has 104 valence electrons. The second kappa shape index (κ2) is 5.20. The van der Waals surface area contributed by atoms with Crippen molar-refractivity contribution in [3.63, 3.8) is 0 Å². The number of nitrogen functional groups attached to an aromatic ring is 1. The minimum Gasteiger partial charge on any atom is -0.399 e. The highest BCUT2D eigenvalue weighted by atomic mass is 19.4. The predicted octanol–water partition coefficient (Wildman–Crippen LogP) is 2.93. The lowest BCUT2D eigenvalue weighted by Crippen LogP contribution is -2.14. The minimum atomic E-state index is -4.48. The van der Waals surface area contributed by atoms with E-state index >= 15 is 0 Å². The van der Waals surface area contributed by atoms with E-state index in [0.717, 1.165) is 18.3 Å². The van der Waals surface area contributed by atoms with Gasteiger partial charge in [0, 0.05) is 17.4 Å². The van der Waals surface area contributed by atoms with E-state index < -0.39 is 17.6 Å². The number of anilines is 2. The van der Waals surface area contributed by atoms with Gasteiger partial charge in [-0.15, -0.1) is 0 Å². The van der Waals surface area contributed by atoms with E-state index in [0.29, 0.717) is 5.69 Å². The summed E-state index contributed by atoms with van der Waals surface area (Å²) >= 11 is 0. The Morgan fingerprint density at radius 1 is 1.15 bits per heavy atom. The van der Waals surface area contributed by atoms with Crippen LogP contribution in [0.4, 0.5) is 24.7 Å². The second-order valence-electron chi connectivity index (χ2n) is 4.00. The van der Waals surface area contributed by atoms with Crippen LogP contribution in [0.2, 0.25) is 0 Å². The van der Waals surface area contributed by atoms with Crippen LogP contribution in [0, 0.1) is 0 Å². The number of hydrogen-bond acceptors (Lipinski definition) is 3. The normalized spacial score (nSPS) is 11.2. The molecule has 0 atom stereocenters. The maximum absolute atomic E-state index is 12.5. The smallest absolute Gasteiger partial charge is 0.399 e. The van der Waals surface area contributed by atoms with Crippen molar-refractivity contribution in [3.8, 4) is 0 Å². The van der Waals surface area contributed by atoms with Crippen LogP contribution in [0.25, 0.3) is 0 Å². The fourth-order valence-electron chi connectivity index (χ4n) is 1.50. The van der Waals surface area contributed by atoms with E-state index in [9.17, 15) is 18.0 Å². The monoisotopic (exact) mass is 281 g/mol. The van der Waals surface area contributed by atoms with Crippen molar-refractivity contribution in [2.24, 2.45) is 0 Å². The lowest BCUT2D eigenvalue weighted by atomic mass is 10.2. The first-order valence-corrected chi connectivity index (χ1v) is 5.56. The van der Waals surface area contributed by atoms with Gasteiger partial charge in [-0.3, -0.25) is 4.79 Å². The van der Waals surface area contributed by atoms with Gasteiger partial charge in [0.25, 0.3) is 5.91 Å². The molecule has 2 rings (SSSR count). The highest BCUT2D eigenvalue weighted by Gasteiger charge is 2.30. The number of nitrogens with two attached hydrogens (primary N) is 1. The molecule has 0 unspecified atom stereocenters. The molecule has 1 heterocycles. The number of nitrogens with one attached hydrogen (secondary N) is 1. The Balaban J connectivity index is 2.18. The van der Waals surface area contributed by atoms with Crippen molar-refractivity contribution < 1.29 is 18.0 Å². The van der Waals surface area contributed by atoms with E-state index in [1.54, 1.807) is 0 Å². The Hall–Kier alpha value is -2.57. The number of alkyl halides is 3. The van der Waals surface area contributed by atoms with Crippen LogP contribution in [-0.4, -0.2) is 10.9 Å². The summed E-state index contributed by atoms with van der Waals surface area (Å²) in [6.45, 7) is 0. The molecule has 0 aliphatic carbocycles. The fourth-order valence-corrected chi connectivity index (χ4v) is 1.50. The molecule has 1 aromatic heterocycles. The van der Waals surface area contributed by atoms with Crippen molar-refractivity contribution in [1.82, 2.24) is 4.98 Å². The summed E-state index contributed by atoms with van der Waals surface area (Å²) in [6.07, 6.45) is -3.50. The Morgan fingerprint density at radius 2 is 1.80 bits per heavy atom. The number of halogens is 3. The van der Waals surface area contributed by atoms with Gasteiger partial charge in [0.15, 0.2) is 0 Å². The van der Waals surface area contributed by atoms with Gasteiger partial charge in [0.1, 0.15) is 5.82 Å². The molecule has 0 saturated heterocycles. The molecule has 0 aliphatic rings. The molecule has 0 spiro atoms. The summed E-state index contributed by atoms with van der Waals surface area (Å²) in [5.74, 6) is -0.724. The summed E-state index contributed by atoms with van der Waals surface area (Å²) in [5, 5.41) is 2.30. The van der Waals surface area contributed by atoms with Crippen molar-refractivity contribution >= 4 is 17.4 Å². The van der Waals surface area contributed by atoms with Gasteiger partial charge in [-0.2, -0.15) is 13.2 Å². The predicted molar refractivity (Wildman–Crippen MR) is 68.0 cm³/mol. The van der Waals surface area contributed by atoms with Crippen LogP contribution in [-0.2, 0) is 6.18 Å². The van der Waals surface area contributed by atoms with Gasteiger partial charge in [-0.1, -0.05) is 0 Å². The highest BCUT2D eigenvalue weighted by Crippen LogP contribution is 2.29. The zero-order valence-electron chi connectivity index (χ0n) is 10.1. The van der Waals surface area contributed by atoms with Crippen LogP contribution in [0.5, 0.6) is 0 Å². The number of rotatable bonds is 2. The Bertz CT molecular complexity index is 624. The number of amides is 1. The van der Waals surface area contributed by atoms with E-state index in [-0.39, 0.29) is 11.4 Å². The first-order valence-electron chi connectivity index (χ1n) is 5.56. The Kier molecular flexibility index (Phi) is 3.60. The van der Waals surface area contributed by atoms with Gasteiger partial charge >= 0.3 is 6.18 Å². The van der Waals surface area contributed by atoms with Crippen molar-refractivity contribution in [1.29, 1.82) is 0 Å². The number of hydrogen-bond donors (Lipinski definition) is 2. The second-order valence-corrected chi connectivity index (χ2v) is 4.00. The molecule has 1 aromatic carbocycles. The van der Waals surface area contributed by atoms with Crippen LogP contribution in [0.15, 0.2) is 42.6 Å². The Labute approximate surface area is 112 Å². The zero-order valence-corrected chi connectivity index (χ0v) is 10.1. The maximum atomic E-state index is 12.5. The van der Waals surface area contributed by atoms with Gasteiger partial charge in [-0.25, -0.2) is 4.98 Å². The van der Waals surface area contributed by atoms with Crippen LogP contribution >= 0.6 is 0 Å². The standard InChI is InChI=1S/C13H10F3N3O/c14-13(15,16)9-5-6-18-11(7-9)19-12(20)8-1-3-10(17)4-2-8/h1-7H,17H2,(H,18,19,20). The quantitative estimate of drug-likeness (QED) is 0.832. The van der Waals surface area contributed by atoms with Crippen LogP contribution in [0.3, 0.4) is 0 Å². The van der Waals surface area contributed by atoms with Crippen LogP contribution < -0.4 is 11.1 Å². The number of benzene rings is 1. The number of carbonyl (C=O) groups is 1. The van der Waals surface area contributed by atoms with Gasteiger partial charge in [-0.05, 0) is 36.4 Å². The van der Waals surface area contributed by atoms with E-state index in [1.807, 2.05) is 0 Å². The molecule has 0 aliphatic heterocycles. The molecular weight excluding hydrogens is 271 g/mol. The molecule has 3 N–H and O–H groups in total. The fraction of sp³-hybridized carbons (Fsp3) is 0.0769. The van der Waals surface area contributed by atoms with Crippen LogP contribution in [0.1, 0.15) is 15.9 Å². The van der Waals surface area contributed by atoms with Gasteiger partial charge in [0.2, 0.25) is 0 Å². The summed E-state index contributed by atoms with van der Waals surface area (Å²) in [5.41, 5.74) is 5.36. The SMILES string of the molecule is Nc1ccc(C(=O)Nc2cc(C(F)(F)F)ccn2)cc1. The number of aromatic nitrogens is 1. The molecule has 1 amide bonds. The molecule has 20 heavy (non-hydrogen) atoms. The molecule has 0 fully saturated rings. The molecule has 7 heteroatoms. The first kappa shape index (κ1) is 13.9. The molecule has 0 bridgehead atoms. The lowest BCUT2D eigenvalue weighted by Gasteiger charge is -2.09. The third kappa shape index (κ3) is 3.25. The third-order valence-corrected chi connectivity index (χ3v) is 2.50. The minimum absolute atomic E-state index is 0.165. The van der Waals surface area contributed by atoms with Crippen molar-refractivity contribution in [2.45, 2.75) is 6.18 Å². The topological polar surface area (TPSA) is 68.0 Å². The molecular formula is C13H10F3N3O. The van der Waals surface area contributed by atoms with E-state index in [1.165, 1.54) is 24.3 Å². The zero-order chi connectivity index (χ0) is 14.8. The highest BCUT2D eigenvalue weighted by molar-refractivity contribution is 6.03. The van der Waals surface area contributed by atoms with Crippen molar-refractivity contribution in [3.05, 3.63) is 53.7 Å². The molecule has 0 saturated carbocycles. The summed E-state index contributed by atoms with van der Waals surface area (Å²) in [4.78, 5) is 15.5. The first-order chi connectivity index (χ1) is 9.36. The lowest BCUT2D eigenvalue weighted by molar-refractivity contribution is -0.137. The van der Waals surface area contributed by atoms with Crippen molar-refractivity contribution in [2.75, 3.05) is 11.1 Å². The van der Waals surface area contributed by atoms with E-state index in [4.69, 9.17) is 5.73 Å². The number of nitrogens with zero attached hydrogens (tertiary/aromatic N) is 1. The molecule has 4 nitrogen and oxygen atoms in total. The average molecular weight is 281 g/mol. The largest absolute Gasteiger partial charge is 0.416 e. The third-order valence-electron chi connectivity index (χ3n) is 2.50. The summed E-state index contributed by atoms with van der Waals surface area (Å²) in [6, 6.07) is 7.59.